The Morgan fingerprint density at radius 2 is 2.14 bits per heavy atom. The second-order valence-corrected chi connectivity index (χ2v) is 6.60. The van der Waals surface area contributed by atoms with E-state index in [1.54, 1.807) is 7.11 Å². The van der Waals surface area contributed by atoms with Gasteiger partial charge in [-0.3, -0.25) is 4.90 Å². The minimum Gasteiger partial charge on any atom is -0.487 e. The molecule has 1 aliphatic heterocycles. The number of hydrogen-bond donors (Lipinski definition) is 1. The molecule has 0 amide bonds. The predicted molar refractivity (Wildman–Crippen MR) is 85.7 cm³/mol. The molecule has 0 saturated carbocycles. The highest BCUT2D eigenvalue weighted by molar-refractivity contribution is 5.47. The smallest absolute Gasteiger partial charge is 0.128 e. The summed E-state index contributed by atoms with van der Waals surface area (Å²) >= 11 is 0. The molecule has 21 heavy (non-hydrogen) atoms. The first-order chi connectivity index (χ1) is 9.89. The number of nitrogens with two attached hydrogens (primary N) is 1. The highest BCUT2D eigenvalue weighted by Crippen LogP contribution is 2.41. The standard InChI is InChI=1S/C17H28N2O2/c1-12(11-20-5)19(4)15(10-18)14-8-6-7-13-9-17(2,3)21-16(13)14/h6-8,12,15H,9-11,18H2,1-5H3. The fourth-order valence-corrected chi connectivity index (χ4v) is 3.08. The van der Waals surface area contributed by atoms with Crippen molar-refractivity contribution in [1.82, 2.24) is 4.90 Å². The first-order valence-corrected chi connectivity index (χ1v) is 7.61. The van der Waals surface area contributed by atoms with Crippen molar-refractivity contribution in [1.29, 1.82) is 0 Å². The van der Waals surface area contributed by atoms with E-state index < -0.39 is 0 Å². The van der Waals surface area contributed by atoms with Gasteiger partial charge in [-0.25, -0.2) is 0 Å². The molecule has 1 aromatic rings. The van der Waals surface area contributed by atoms with Gasteiger partial charge in [0.1, 0.15) is 11.4 Å². The molecule has 1 aromatic carbocycles. The van der Waals surface area contributed by atoms with Gasteiger partial charge in [0, 0.05) is 31.7 Å². The molecular formula is C17H28N2O2. The van der Waals surface area contributed by atoms with E-state index in [0.717, 1.165) is 12.2 Å². The first kappa shape index (κ1) is 16.3. The maximum Gasteiger partial charge on any atom is 0.128 e. The third-order valence-electron chi connectivity index (χ3n) is 4.30. The number of methoxy groups -OCH3 is 1. The molecule has 0 aliphatic carbocycles. The summed E-state index contributed by atoms with van der Waals surface area (Å²) in [6.07, 6.45) is 0.949. The van der Waals surface area contributed by atoms with Gasteiger partial charge in [0.05, 0.1) is 12.6 Å². The summed E-state index contributed by atoms with van der Waals surface area (Å²) in [6, 6.07) is 6.83. The largest absolute Gasteiger partial charge is 0.487 e. The molecule has 118 valence electrons. The van der Waals surface area contributed by atoms with E-state index in [2.05, 4.69) is 50.9 Å². The van der Waals surface area contributed by atoms with Gasteiger partial charge in [0.25, 0.3) is 0 Å². The minimum absolute atomic E-state index is 0.131. The van der Waals surface area contributed by atoms with Crippen molar-refractivity contribution in [2.24, 2.45) is 5.73 Å². The fraction of sp³-hybridized carbons (Fsp3) is 0.647. The molecule has 0 aromatic heterocycles. The van der Waals surface area contributed by atoms with Crippen LogP contribution in [0.5, 0.6) is 5.75 Å². The van der Waals surface area contributed by atoms with Gasteiger partial charge in [-0.2, -0.15) is 0 Å². The van der Waals surface area contributed by atoms with Crippen molar-refractivity contribution in [2.75, 3.05) is 27.3 Å². The van der Waals surface area contributed by atoms with Crippen LogP contribution in [0.15, 0.2) is 18.2 Å². The number of rotatable bonds is 6. The van der Waals surface area contributed by atoms with Crippen LogP contribution in [-0.2, 0) is 11.2 Å². The molecule has 2 N–H and O–H groups in total. The summed E-state index contributed by atoms with van der Waals surface area (Å²) in [7, 11) is 3.83. The summed E-state index contributed by atoms with van der Waals surface area (Å²) in [6.45, 7) is 7.66. The molecular weight excluding hydrogens is 264 g/mol. The zero-order chi connectivity index (χ0) is 15.6. The predicted octanol–water partition coefficient (Wildman–Crippen LogP) is 2.37. The lowest BCUT2D eigenvalue weighted by Crippen LogP contribution is -2.39. The van der Waals surface area contributed by atoms with Crippen LogP contribution in [-0.4, -0.2) is 43.9 Å². The number of likely N-dealkylation sites (N-methyl/N-ethyl adjacent to an activating group) is 1. The maximum atomic E-state index is 6.18. The van der Waals surface area contributed by atoms with E-state index in [-0.39, 0.29) is 11.6 Å². The van der Waals surface area contributed by atoms with Crippen LogP contribution in [0, 0.1) is 0 Å². The van der Waals surface area contributed by atoms with Gasteiger partial charge in [0.15, 0.2) is 0 Å². The van der Waals surface area contributed by atoms with Gasteiger partial charge < -0.3 is 15.2 Å². The van der Waals surface area contributed by atoms with E-state index in [1.807, 2.05) is 0 Å². The molecule has 2 atom stereocenters. The maximum absolute atomic E-state index is 6.18. The van der Waals surface area contributed by atoms with Crippen LogP contribution in [0.4, 0.5) is 0 Å². The van der Waals surface area contributed by atoms with Gasteiger partial charge in [-0.1, -0.05) is 18.2 Å². The zero-order valence-electron chi connectivity index (χ0n) is 13.8. The lowest BCUT2D eigenvalue weighted by Gasteiger charge is -2.33. The number of ether oxygens (including phenoxy) is 2. The van der Waals surface area contributed by atoms with Crippen molar-refractivity contribution < 1.29 is 9.47 Å². The van der Waals surface area contributed by atoms with Crippen LogP contribution < -0.4 is 10.5 Å². The van der Waals surface area contributed by atoms with Crippen LogP contribution in [0.1, 0.15) is 37.9 Å². The van der Waals surface area contributed by atoms with Crippen molar-refractivity contribution in [3.8, 4) is 5.75 Å². The Bertz CT molecular complexity index is 488. The summed E-state index contributed by atoms with van der Waals surface area (Å²) in [5.74, 6) is 1.02. The quantitative estimate of drug-likeness (QED) is 0.874. The van der Waals surface area contributed by atoms with Gasteiger partial charge in [-0.15, -0.1) is 0 Å². The van der Waals surface area contributed by atoms with Crippen LogP contribution in [0.2, 0.25) is 0 Å². The molecule has 0 saturated heterocycles. The molecule has 1 aliphatic rings. The van der Waals surface area contributed by atoms with Crippen LogP contribution in [0.25, 0.3) is 0 Å². The number of benzene rings is 1. The summed E-state index contributed by atoms with van der Waals surface area (Å²) in [5.41, 5.74) is 8.40. The van der Waals surface area contributed by atoms with Crippen molar-refractivity contribution >= 4 is 0 Å². The second kappa shape index (κ2) is 6.34. The molecule has 2 rings (SSSR count). The van der Waals surface area contributed by atoms with Crippen LogP contribution in [0.3, 0.4) is 0 Å². The van der Waals surface area contributed by atoms with E-state index in [4.69, 9.17) is 15.2 Å². The van der Waals surface area contributed by atoms with Crippen molar-refractivity contribution in [2.45, 2.75) is 44.9 Å². The molecule has 0 radical (unpaired) electrons. The molecule has 4 heteroatoms. The van der Waals surface area contributed by atoms with E-state index in [0.29, 0.717) is 19.2 Å². The SMILES string of the molecule is COCC(C)N(C)C(CN)c1cccc2c1OC(C)(C)C2. The van der Waals surface area contributed by atoms with Crippen LogP contribution >= 0.6 is 0 Å². The van der Waals surface area contributed by atoms with E-state index in [9.17, 15) is 0 Å². The number of fused-ring (bicyclic) bond motifs is 1. The number of nitrogens with zero attached hydrogens (tertiary/aromatic N) is 1. The average Bonchev–Trinajstić information content (AvgIpc) is 2.74. The molecule has 0 fully saturated rings. The van der Waals surface area contributed by atoms with Gasteiger partial charge >= 0.3 is 0 Å². The topological polar surface area (TPSA) is 47.7 Å². The molecule has 4 nitrogen and oxygen atoms in total. The van der Waals surface area contributed by atoms with E-state index >= 15 is 0 Å². The molecule has 0 bridgehead atoms. The molecule has 0 spiro atoms. The minimum atomic E-state index is -0.131. The fourth-order valence-electron chi connectivity index (χ4n) is 3.08. The Labute approximate surface area is 128 Å². The third kappa shape index (κ3) is 3.39. The Hall–Kier alpha value is -1.10. The zero-order valence-corrected chi connectivity index (χ0v) is 13.8. The Morgan fingerprint density at radius 3 is 2.76 bits per heavy atom. The van der Waals surface area contributed by atoms with Crippen molar-refractivity contribution in [3.63, 3.8) is 0 Å². The lowest BCUT2D eigenvalue weighted by molar-refractivity contribution is 0.0874. The van der Waals surface area contributed by atoms with E-state index in [1.165, 1.54) is 11.1 Å². The van der Waals surface area contributed by atoms with Gasteiger partial charge in [0.2, 0.25) is 0 Å². The highest BCUT2D eigenvalue weighted by Gasteiger charge is 2.34. The second-order valence-electron chi connectivity index (χ2n) is 6.60. The Kier molecular flexibility index (Phi) is 4.91. The summed E-state index contributed by atoms with van der Waals surface area (Å²) < 4.78 is 11.5. The summed E-state index contributed by atoms with van der Waals surface area (Å²) in [4.78, 5) is 2.27. The molecule has 1 heterocycles. The van der Waals surface area contributed by atoms with Crippen molar-refractivity contribution in [3.05, 3.63) is 29.3 Å². The third-order valence-corrected chi connectivity index (χ3v) is 4.30. The van der Waals surface area contributed by atoms with Gasteiger partial charge in [-0.05, 0) is 33.4 Å². The Balaban J connectivity index is 2.31. The first-order valence-electron chi connectivity index (χ1n) is 7.61. The Morgan fingerprint density at radius 1 is 1.43 bits per heavy atom. The monoisotopic (exact) mass is 292 g/mol. The lowest BCUT2D eigenvalue weighted by atomic mass is 9.97. The summed E-state index contributed by atoms with van der Waals surface area (Å²) in [5, 5.41) is 0. The number of hydrogen-bond acceptors (Lipinski definition) is 4. The normalized spacial score (nSPS) is 19.2. The average molecular weight is 292 g/mol. The number of para-hydroxylation sites is 1. The molecule has 2 unspecified atom stereocenters. The highest BCUT2D eigenvalue weighted by atomic mass is 16.5.